The van der Waals surface area contributed by atoms with Gasteiger partial charge in [0, 0.05) is 50.2 Å². The highest BCUT2D eigenvalue weighted by Gasteiger charge is 2.21. The van der Waals surface area contributed by atoms with Gasteiger partial charge in [-0.05, 0) is 105 Å². The second kappa shape index (κ2) is 14.3. The zero-order chi connectivity index (χ0) is 40.3. The van der Waals surface area contributed by atoms with Gasteiger partial charge in [0.15, 0.2) is 0 Å². The fourth-order valence-electron chi connectivity index (χ4n) is 9.39. The van der Waals surface area contributed by atoms with E-state index in [9.17, 15) is 0 Å². The summed E-state index contributed by atoms with van der Waals surface area (Å²) in [5.41, 5.74) is 15.4. The number of aromatic nitrogens is 1. The number of rotatable bonds is 7. The Morgan fingerprint density at radius 1 is 0.328 bits per heavy atom. The molecule has 0 aliphatic heterocycles. The van der Waals surface area contributed by atoms with Crippen molar-refractivity contribution >= 4 is 71.6 Å². The van der Waals surface area contributed by atoms with Crippen LogP contribution in [0.25, 0.3) is 93.6 Å². The molecule has 0 aliphatic carbocycles. The molecule has 0 saturated heterocycles. The van der Waals surface area contributed by atoms with Gasteiger partial charge in [0.1, 0.15) is 11.2 Å². The molecule has 61 heavy (non-hydrogen) atoms. The maximum absolute atomic E-state index is 6.97. The van der Waals surface area contributed by atoms with E-state index in [4.69, 9.17) is 4.42 Å². The molecule has 286 valence electrons. The van der Waals surface area contributed by atoms with Crippen LogP contribution in [0.2, 0.25) is 0 Å². The van der Waals surface area contributed by atoms with Crippen molar-refractivity contribution in [1.82, 2.24) is 4.57 Å². The predicted octanol–water partition coefficient (Wildman–Crippen LogP) is 16.3. The lowest BCUT2D eigenvalue weighted by Crippen LogP contribution is -2.11. The number of fused-ring (bicyclic) bond motifs is 8. The molecule has 10 aromatic carbocycles. The van der Waals surface area contributed by atoms with E-state index in [0.717, 1.165) is 66.9 Å². The molecule has 0 atom stereocenters. The summed E-state index contributed by atoms with van der Waals surface area (Å²) in [4.78, 5) is 2.36. The summed E-state index contributed by atoms with van der Waals surface area (Å²) >= 11 is 0. The van der Waals surface area contributed by atoms with Crippen LogP contribution >= 0.6 is 0 Å². The normalized spacial score (nSPS) is 11.6. The van der Waals surface area contributed by atoms with Crippen LogP contribution in [0.5, 0.6) is 0 Å². The van der Waals surface area contributed by atoms with Gasteiger partial charge in [0.2, 0.25) is 0 Å². The minimum Gasteiger partial charge on any atom is -0.456 e. The molecule has 0 amide bonds. The van der Waals surface area contributed by atoms with Crippen LogP contribution in [0.3, 0.4) is 0 Å². The maximum atomic E-state index is 6.97. The number of anilines is 3. The lowest BCUT2D eigenvalue weighted by Gasteiger charge is -2.28. The van der Waals surface area contributed by atoms with Crippen LogP contribution in [0, 0.1) is 0 Å². The second-order valence-electron chi connectivity index (χ2n) is 15.7. The van der Waals surface area contributed by atoms with Crippen LogP contribution in [-0.4, -0.2) is 4.57 Å². The highest BCUT2D eigenvalue weighted by atomic mass is 16.3. The molecule has 12 rings (SSSR count). The predicted molar refractivity (Wildman–Crippen MR) is 257 cm³/mol. The van der Waals surface area contributed by atoms with E-state index in [2.05, 4.69) is 240 Å². The van der Waals surface area contributed by atoms with E-state index in [-0.39, 0.29) is 0 Å². The first-order valence-corrected chi connectivity index (χ1v) is 20.8. The molecular formula is C58H38N2O. The van der Waals surface area contributed by atoms with Gasteiger partial charge < -0.3 is 13.9 Å². The zero-order valence-electron chi connectivity index (χ0n) is 33.2. The SMILES string of the molecule is c1ccc(-c2ccc(N(c3ccc4c(c3)oc3cc(-c5ccc6c(c5)c5ccccc5n6-c5ccccc5)c5ccccc5c34)c3ccccc3-c3ccccc3)cc2)cc1. The van der Waals surface area contributed by atoms with E-state index in [1.165, 1.54) is 43.7 Å². The first-order chi connectivity index (χ1) is 30.3. The van der Waals surface area contributed by atoms with Crippen molar-refractivity contribution in [2.75, 3.05) is 4.90 Å². The lowest BCUT2D eigenvalue weighted by atomic mass is 9.94. The van der Waals surface area contributed by atoms with Crippen LogP contribution in [-0.2, 0) is 0 Å². The number of nitrogens with zero attached hydrogens (tertiary/aromatic N) is 2. The Bertz CT molecular complexity index is 3570. The maximum Gasteiger partial charge on any atom is 0.137 e. The Labute approximate surface area is 353 Å². The average Bonchev–Trinajstić information content (AvgIpc) is 3.88. The summed E-state index contributed by atoms with van der Waals surface area (Å²) < 4.78 is 9.33. The third-order valence-corrected chi connectivity index (χ3v) is 12.2. The minimum atomic E-state index is 0.847. The molecule has 3 heteroatoms. The molecule has 0 radical (unpaired) electrons. The molecule has 2 aromatic heterocycles. The summed E-state index contributed by atoms with van der Waals surface area (Å²) in [6.45, 7) is 0. The van der Waals surface area contributed by atoms with E-state index >= 15 is 0 Å². The highest BCUT2D eigenvalue weighted by molar-refractivity contribution is 6.23. The van der Waals surface area contributed by atoms with Crippen LogP contribution < -0.4 is 4.90 Å². The van der Waals surface area contributed by atoms with Crippen molar-refractivity contribution < 1.29 is 4.42 Å². The van der Waals surface area contributed by atoms with Gasteiger partial charge in [0.05, 0.1) is 16.7 Å². The Morgan fingerprint density at radius 3 is 1.70 bits per heavy atom. The number of hydrogen-bond acceptors (Lipinski definition) is 2. The van der Waals surface area contributed by atoms with Crippen LogP contribution in [0.4, 0.5) is 17.1 Å². The van der Waals surface area contributed by atoms with Crippen molar-refractivity contribution in [2.24, 2.45) is 0 Å². The van der Waals surface area contributed by atoms with Gasteiger partial charge >= 0.3 is 0 Å². The summed E-state index contributed by atoms with van der Waals surface area (Å²) in [6.07, 6.45) is 0. The molecule has 0 fully saturated rings. The molecule has 0 aliphatic rings. The van der Waals surface area contributed by atoms with Gasteiger partial charge in [-0.3, -0.25) is 0 Å². The topological polar surface area (TPSA) is 21.3 Å². The number of hydrogen-bond donors (Lipinski definition) is 0. The van der Waals surface area contributed by atoms with Crippen LogP contribution in [0.15, 0.2) is 235 Å². The van der Waals surface area contributed by atoms with E-state index < -0.39 is 0 Å². The average molecular weight is 779 g/mol. The Kier molecular flexibility index (Phi) is 8.17. The molecule has 3 nitrogen and oxygen atoms in total. The Balaban J connectivity index is 1.03. The Hall–Kier alpha value is -8.14. The summed E-state index contributed by atoms with van der Waals surface area (Å²) in [7, 11) is 0. The monoisotopic (exact) mass is 778 g/mol. The summed E-state index contributed by atoms with van der Waals surface area (Å²) in [5.74, 6) is 0. The zero-order valence-corrected chi connectivity index (χ0v) is 33.2. The first kappa shape index (κ1) is 34.9. The third-order valence-electron chi connectivity index (χ3n) is 12.2. The van der Waals surface area contributed by atoms with Gasteiger partial charge in [-0.1, -0.05) is 158 Å². The van der Waals surface area contributed by atoms with Crippen molar-refractivity contribution in [2.45, 2.75) is 0 Å². The summed E-state index contributed by atoms with van der Waals surface area (Å²) in [6, 6.07) is 82.7. The molecule has 0 spiro atoms. The molecule has 0 saturated carbocycles. The highest BCUT2D eigenvalue weighted by Crippen LogP contribution is 2.46. The molecule has 0 bridgehead atoms. The largest absolute Gasteiger partial charge is 0.456 e. The number of benzene rings is 10. The van der Waals surface area contributed by atoms with Crippen molar-refractivity contribution in [1.29, 1.82) is 0 Å². The van der Waals surface area contributed by atoms with Gasteiger partial charge in [-0.25, -0.2) is 0 Å². The lowest BCUT2D eigenvalue weighted by molar-refractivity contribution is 0.669. The van der Waals surface area contributed by atoms with Gasteiger partial charge in [-0.2, -0.15) is 0 Å². The smallest absolute Gasteiger partial charge is 0.137 e. The van der Waals surface area contributed by atoms with Gasteiger partial charge in [-0.15, -0.1) is 0 Å². The van der Waals surface area contributed by atoms with Crippen molar-refractivity contribution in [3.63, 3.8) is 0 Å². The quantitative estimate of drug-likeness (QED) is 0.161. The van der Waals surface area contributed by atoms with Crippen molar-refractivity contribution in [3.8, 4) is 39.1 Å². The molecular weight excluding hydrogens is 741 g/mol. The molecule has 12 aromatic rings. The fraction of sp³-hybridized carbons (Fsp3) is 0. The Morgan fingerprint density at radius 2 is 0.918 bits per heavy atom. The van der Waals surface area contributed by atoms with E-state index in [1.807, 2.05) is 0 Å². The standard InChI is InChI=1S/C58H38N2O/c1-4-16-39(17-5-1)40-28-31-44(32-29-40)59(53-26-14-12-22-46(53)41-18-6-2-7-19-41)45-33-34-50-56(37-45)61-57-38-51(47-23-10-11-25-49(47)58(50)57)42-30-35-55-52(36-42)48-24-13-15-27-54(48)60(55)43-20-8-3-9-21-43/h1-38H. The molecule has 0 N–H and O–H groups in total. The van der Waals surface area contributed by atoms with E-state index in [1.54, 1.807) is 0 Å². The molecule has 2 heterocycles. The first-order valence-electron chi connectivity index (χ1n) is 20.8. The van der Waals surface area contributed by atoms with Gasteiger partial charge in [0.25, 0.3) is 0 Å². The third kappa shape index (κ3) is 5.82. The van der Waals surface area contributed by atoms with Crippen LogP contribution in [0.1, 0.15) is 0 Å². The minimum absolute atomic E-state index is 0.847. The number of furan rings is 1. The second-order valence-corrected chi connectivity index (χ2v) is 15.7. The summed E-state index contributed by atoms with van der Waals surface area (Å²) in [5, 5.41) is 7.06. The molecule has 0 unspecified atom stereocenters. The van der Waals surface area contributed by atoms with Crippen molar-refractivity contribution in [3.05, 3.63) is 231 Å². The fourth-order valence-corrected chi connectivity index (χ4v) is 9.39. The van der Waals surface area contributed by atoms with E-state index in [0.29, 0.717) is 0 Å². The number of para-hydroxylation sites is 3.